The van der Waals surface area contributed by atoms with Gasteiger partial charge in [0.05, 0.1) is 12.0 Å². The van der Waals surface area contributed by atoms with Crippen molar-refractivity contribution in [3.05, 3.63) is 54.3 Å². The summed E-state index contributed by atoms with van der Waals surface area (Å²) in [5.74, 6) is 1.71. The molecule has 1 saturated carbocycles. The van der Waals surface area contributed by atoms with Gasteiger partial charge in [-0.3, -0.25) is 9.36 Å². The van der Waals surface area contributed by atoms with E-state index in [1.54, 1.807) is 6.26 Å². The molecule has 140 valence electrons. The van der Waals surface area contributed by atoms with E-state index in [1.807, 2.05) is 29.7 Å². The van der Waals surface area contributed by atoms with E-state index in [0.717, 1.165) is 18.0 Å². The predicted octanol–water partition coefficient (Wildman–Crippen LogP) is 3.50. The van der Waals surface area contributed by atoms with Crippen LogP contribution in [0.3, 0.4) is 0 Å². The minimum atomic E-state index is 0.0207. The average molecular weight is 382 g/mol. The fourth-order valence-corrected chi connectivity index (χ4v) is 4.06. The first-order valence-corrected chi connectivity index (χ1v) is 10.1. The van der Waals surface area contributed by atoms with Gasteiger partial charge in [-0.25, -0.2) is 0 Å². The Kier molecular flexibility index (Phi) is 5.03. The minimum Gasteiger partial charge on any atom is -0.461 e. The molecule has 0 radical (unpaired) electrons. The molecule has 1 aliphatic rings. The molecule has 0 atom stereocenters. The number of nitrogens with zero attached hydrogens (tertiary/aromatic N) is 3. The molecule has 0 saturated heterocycles. The van der Waals surface area contributed by atoms with Crippen molar-refractivity contribution in [2.75, 3.05) is 12.3 Å². The summed E-state index contributed by atoms with van der Waals surface area (Å²) in [6.45, 7) is 3.43. The van der Waals surface area contributed by atoms with Gasteiger partial charge in [-0.2, -0.15) is 0 Å². The van der Waals surface area contributed by atoms with E-state index in [9.17, 15) is 4.79 Å². The lowest BCUT2D eigenvalue weighted by molar-refractivity contribution is -0.118. The predicted molar refractivity (Wildman–Crippen MR) is 104 cm³/mol. The highest BCUT2D eigenvalue weighted by Gasteiger charge is 2.44. The standard InChI is InChI=1S/C20H22N4O2S/c1-2-24-18(16-9-6-12-26-16)22-23-19(24)27-13-17(25)21-14-20(10-11-20)15-7-4-3-5-8-15/h3-9,12H,2,10-11,13-14H2,1H3,(H,21,25). The second-order valence-electron chi connectivity index (χ2n) is 6.74. The molecule has 4 rings (SSSR count). The number of benzene rings is 1. The monoisotopic (exact) mass is 382 g/mol. The summed E-state index contributed by atoms with van der Waals surface area (Å²) in [5, 5.41) is 12.2. The Morgan fingerprint density at radius 2 is 2.04 bits per heavy atom. The molecule has 7 heteroatoms. The molecule has 1 fully saturated rings. The highest BCUT2D eigenvalue weighted by molar-refractivity contribution is 7.99. The van der Waals surface area contributed by atoms with Crippen molar-refractivity contribution >= 4 is 17.7 Å². The number of hydrogen-bond donors (Lipinski definition) is 1. The van der Waals surface area contributed by atoms with Crippen LogP contribution in [0.5, 0.6) is 0 Å². The highest BCUT2D eigenvalue weighted by Crippen LogP contribution is 2.47. The van der Waals surface area contributed by atoms with Gasteiger partial charge in [0.2, 0.25) is 5.91 Å². The molecule has 0 aliphatic heterocycles. The molecule has 27 heavy (non-hydrogen) atoms. The molecule has 6 nitrogen and oxygen atoms in total. The van der Waals surface area contributed by atoms with E-state index in [0.29, 0.717) is 30.4 Å². The Morgan fingerprint density at radius 1 is 1.22 bits per heavy atom. The van der Waals surface area contributed by atoms with Gasteiger partial charge in [0.25, 0.3) is 0 Å². The molecule has 2 aromatic heterocycles. The fourth-order valence-electron chi connectivity index (χ4n) is 3.23. The maximum Gasteiger partial charge on any atom is 0.230 e. The Labute approximate surface area is 162 Å². The number of rotatable bonds is 8. The van der Waals surface area contributed by atoms with Crippen molar-refractivity contribution in [1.82, 2.24) is 20.1 Å². The van der Waals surface area contributed by atoms with Crippen LogP contribution >= 0.6 is 11.8 Å². The second kappa shape index (κ2) is 7.60. The third-order valence-electron chi connectivity index (χ3n) is 4.97. The van der Waals surface area contributed by atoms with Crippen LogP contribution in [0.25, 0.3) is 11.6 Å². The van der Waals surface area contributed by atoms with Crippen LogP contribution in [-0.2, 0) is 16.8 Å². The first-order chi connectivity index (χ1) is 13.2. The maximum absolute atomic E-state index is 12.3. The molecular weight excluding hydrogens is 360 g/mol. The number of amides is 1. The number of nitrogens with one attached hydrogen (secondary N) is 1. The first kappa shape index (κ1) is 17.9. The van der Waals surface area contributed by atoms with Crippen molar-refractivity contribution < 1.29 is 9.21 Å². The zero-order valence-corrected chi connectivity index (χ0v) is 16.0. The van der Waals surface area contributed by atoms with Gasteiger partial charge in [0.1, 0.15) is 0 Å². The molecule has 1 aromatic carbocycles. The summed E-state index contributed by atoms with van der Waals surface area (Å²) in [5.41, 5.74) is 1.43. The van der Waals surface area contributed by atoms with Crippen molar-refractivity contribution in [3.63, 3.8) is 0 Å². The SMILES string of the molecule is CCn1c(SCC(=O)NCC2(c3ccccc3)CC2)nnc1-c1ccco1. The van der Waals surface area contributed by atoms with Gasteiger partial charge in [-0.1, -0.05) is 42.1 Å². The quantitative estimate of drug-likeness (QED) is 0.604. The first-order valence-electron chi connectivity index (χ1n) is 9.14. The van der Waals surface area contributed by atoms with Gasteiger partial charge in [-0.15, -0.1) is 10.2 Å². The number of thioether (sulfide) groups is 1. The van der Waals surface area contributed by atoms with Crippen LogP contribution in [0.1, 0.15) is 25.3 Å². The van der Waals surface area contributed by atoms with E-state index < -0.39 is 0 Å². The smallest absolute Gasteiger partial charge is 0.230 e. The molecule has 1 aliphatic carbocycles. The van der Waals surface area contributed by atoms with Crippen molar-refractivity contribution in [2.24, 2.45) is 0 Å². The number of furan rings is 1. The second-order valence-corrected chi connectivity index (χ2v) is 7.68. The van der Waals surface area contributed by atoms with E-state index in [1.165, 1.54) is 17.3 Å². The average Bonchev–Trinajstić information content (AvgIpc) is 3.12. The van der Waals surface area contributed by atoms with Crippen LogP contribution in [0.15, 0.2) is 58.3 Å². The third kappa shape index (κ3) is 3.78. The van der Waals surface area contributed by atoms with Gasteiger partial charge in [-0.05, 0) is 37.5 Å². The number of aromatic nitrogens is 3. The zero-order valence-electron chi connectivity index (χ0n) is 15.2. The van der Waals surface area contributed by atoms with Crippen molar-refractivity contribution in [2.45, 2.75) is 36.9 Å². The van der Waals surface area contributed by atoms with Gasteiger partial charge in [0, 0.05) is 18.5 Å². The third-order valence-corrected chi connectivity index (χ3v) is 5.94. The van der Waals surface area contributed by atoms with Gasteiger partial charge in [0.15, 0.2) is 16.7 Å². The van der Waals surface area contributed by atoms with Crippen molar-refractivity contribution in [3.8, 4) is 11.6 Å². The summed E-state index contributed by atoms with van der Waals surface area (Å²) in [7, 11) is 0. The van der Waals surface area contributed by atoms with E-state index >= 15 is 0 Å². The summed E-state index contributed by atoms with van der Waals surface area (Å²) >= 11 is 1.40. The molecular formula is C20H22N4O2S. The molecule has 0 spiro atoms. The van der Waals surface area contributed by atoms with Gasteiger partial charge < -0.3 is 9.73 Å². The van der Waals surface area contributed by atoms with E-state index in [4.69, 9.17) is 4.42 Å². The van der Waals surface area contributed by atoms with Gasteiger partial charge >= 0.3 is 0 Å². The summed E-state index contributed by atoms with van der Waals surface area (Å²) < 4.78 is 7.38. The summed E-state index contributed by atoms with van der Waals surface area (Å²) in [4.78, 5) is 12.3. The summed E-state index contributed by atoms with van der Waals surface area (Å²) in [6.07, 6.45) is 3.87. The van der Waals surface area contributed by atoms with Crippen LogP contribution < -0.4 is 5.32 Å². The fraction of sp³-hybridized carbons (Fsp3) is 0.350. The number of carbonyl (C=O) groups is 1. The molecule has 0 unspecified atom stereocenters. The molecule has 1 N–H and O–H groups in total. The van der Waals surface area contributed by atoms with E-state index in [-0.39, 0.29) is 11.3 Å². The van der Waals surface area contributed by atoms with E-state index in [2.05, 4.69) is 39.8 Å². The van der Waals surface area contributed by atoms with Crippen LogP contribution in [0, 0.1) is 0 Å². The molecule has 1 amide bonds. The minimum absolute atomic E-state index is 0.0207. The lowest BCUT2D eigenvalue weighted by Gasteiger charge is -2.16. The van der Waals surface area contributed by atoms with Crippen LogP contribution in [-0.4, -0.2) is 33.0 Å². The highest BCUT2D eigenvalue weighted by atomic mass is 32.2. The lowest BCUT2D eigenvalue weighted by Crippen LogP contribution is -2.33. The zero-order chi connectivity index (χ0) is 18.7. The van der Waals surface area contributed by atoms with Crippen LogP contribution in [0.2, 0.25) is 0 Å². The molecule has 2 heterocycles. The Balaban J connectivity index is 1.34. The van der Waals surface area contributed by atoms with Crippen LogP contribution in [0.4, 0.5) is 0 Å². The Bertz CT molecular complexity index is 901. The number of carbonyl (C=O) groups excluding carboxylic acids is 1. The lowest BCUT2D eigenvalue weighted by atomic mass is 9.96. The maximum atomic E-state index is 12.3. The topological polar surface area (TPSA) is 73.0 Å². The largest absolute Gasteiger partial charge is 0.461 e. The molecule has 0 bridgehead atoms. The summed E-state index contributed by atoms with van der Waals surface area (Å²) in [6, 6.07) is 14.1. The normalized spacial score (nSPS) is 14.9. The number of hydrogen-bond acceptors (Lipinski definition) is 5. The Morgan fingerprint density at radius 3 is 2.70 bits per heavy atom. The Hall–Kier alpha value is -2.54. The van der Waals surface area contributed by atoms with Crippen molar-refractivity contribution in [1.29, 1.82) is 0 Å². The molecule has 3 aromatic rings.